The maximum atomic E-state index is 12.9. The molecule has 0 spiro atoms. The van der Waals surface area contributed by atoms with Crippen LogP contribution in [0, 0.1) is 5.82 Å². The van der Waals surface area contributed by atoms with Crippen LogP contribution in [-0.2, 0) is 11.3 Å². The van der Waals surface area contributed by atoms with Gasteiger partial charge in [-0.1, -0.05) is 19.1 Å². The summed E-state index contributed by atoms with van der Waals surface area (Å²) in [6, 6.07) is 13.1. The number of carbonyl (C=O) groups excluding carboxylic acids is 1. The lowest BCUT2D eigenvalue weighted by Crippen LogP contribution is -2.37. The summed E-state index contributed by atoms with van der Waals surface area (Å²) in [5.41, 5.74) is 0.968. The summed E-state index contributed by atoms with van der Waals surface area (Å²) in [5, 5.41) is 2.84. The molecule has 122 valence electrons. The number of methoxy groups -OCH3 is 1. The van der Waals surface area contributed by atoms with Crippen molar-refractivity contribution in [2.24, 2.45) is 0 Å². The van der Waals surface area contributed by atoms with Crippen molar-refractivity contribution in [2.75, 3.05) is 7.11 Å². The lowest BCUT2D eigenvalue weighted by molar-refractivity contribution is -0.128. The van der Waals surface area contributed by atoms with Crippen LogP contribution in [0.15, 0.2) is 48.5 Å². The molecule has 2 aromatic carbocycles. The zero-order valence-electron chi connectivity index (χ0n) is 13.2. The second kappa shape index (κ2) is 8.17. The quantitative estimate of drug-likeness (QED) is 0.852. The lowest BCUT2D eigenvalue weighted by atomic mass is 10.2. The van der Waals surface area contributed by atoms with E-state index >= 15 is 0 Å². The van der Waals surface area contributed by atoms with Gasteiger partial charge < -0.3 is 14.8 Å². The summed E-state index contributed by atoms with van der Waals surface area (Å²) in [7, 11) is 1.61. The molecule has 23 heavy (non-hydrogen) atoms. The zero-order chi connectivity index (χ0) is 16.7. The van der Waals surface area contributed by atoms with Gasteiger partial charge in [-0.05, 0) is 48.4 Å². The molecular weight excluding hydrogens is 297 g/mol. The summed E-state index contributed by atoms with van der Waals surface area (Å²) < 4.78 is 23.6. The first-order chi connectivity index (χ1) is 11.1. The van der Waals surface area contributed by atoms with Crippen LogP contribution in [0.2, 0.25) is 0 Å². The minimum Gasteiger partial charge on any atom is -0.497 e. The average Bonchev–Trinajstić information content (AvgIpc) is 2.59. The number of benzene rings is 2. The van der Waals surface area contributed by atoms with Crippen LogP contribution >= 0.6 is 0 Å². The predicted octanol–water partition coefficient (Wildman–Crippen LogP) is 3.31. The lowest BCUT2D eigenvalue weighted by Gasteiger charge is -2.17. The number of nitrogens with one attached hydrogen (secondary N) is 1. The predicted molar refractivity (Wildman–Crippen MR) is 85.9 cm³/mol. The summed E-state index contributed by atoms with van der Waals surface area (Å²) in [4.78, 5) is 12.2. The number of halogens is 1. The third-order valence-corrected chi connectivity index (χ3v) is 3.38. The van der Waals surface area contributed by atoms with E-state index in [4.69, 9.17) is 9.47 Å². The van der Waals surface area contributed by atoms with E-state index in [1.165, 1.54) is 24.3 Å². The Balaban J connectivity index is 1.90. The number of rotatable bonds is 7. The number of hydrogen-bond acceptors (Lipinski definition) is 3. The molecule has 5 heteroatoms. The Labute approximate surface area is 135 Å². The molecule has 0 saturated heterocycles. The molecule has 0 aliphatic carbocycles. The SMILES string of the molecule is CCC(Oc1ccc(F)cc1)C(=O)NCc1ccc(OC)cc1. The normalized spacial score (nSPS) is 11.6. The van der Waals surface area contributed by atoms with Gasteiger partial charge in [0.1, 0.15) is 17.3 Å². The van der Waals surface area contributed by atoms with Gasteiger partial charge in [-0.15, -0.1) is 0 Å². The number of ether oxygens (including phenoxy) is 2. The summed E-state index contributed by atoms with van der Waals surface area (Å²) in [6.45, 7) is 2.27. The Hall–Kier alpha value is -2.56. The minimum absolute atomic E-state index is 0.201. The molecule has 0 heterocycles. The van der Waals surface area contributed by atoms with Crippen LogP contribution in [0.4, 0.5) is 4.39 Å². The van der Waals surface area contributed by atoms with Crippen LogP contribution in [0.25, 0.3) is 0 Å². The van der Waals surface area contributed by atoms with Gasteiger partial charge in [-0.25, -0.2) is 4.39 Å². The highest BCUT2D eigenvalue weighted by Gasteiger charge is 2.18. The maximum Gasteiger partial charge on any atom is 0.261 e. The molecule has 0 saturated carbocycles. The van der Waals surface area contributed by atoms with E-state index < -0.39 is 6.10 Å². The second-order valence-electron chi connectivity index (χ2n) is 5.03. The average molecular weight is 317 g/mol. The fourth-order valence-electron chi connectivity index (χ4n) is 2.05. The third-order valence-electron chi connectivity index (χ3n) is 3.38. The van der Waals surface area contributed by atoms with Gasteiger partial charge >= 0.3 is 0 Å². The van der Waals surface area contributed by atoms with Crippen LogP contribution in [0.1, 0.15) is 18.9 Å². The second-order valence-corrected chi connectivity index (χ2v) is 5.03. The van der Waals surface area contributed by atoms with E-state index in [-0.39, 0.29) is 11.7 Å². The highest BCUT2D eigenvalue weighted by molar-refractivity contribution is 5.81. The van der Waals surface area contributed by atoms with Crippen molar-refractivity contribution in [3.63, 3.8) is 0 Å². The van der Waals surface area contributed by atoms with Crippen LogP contribution < -0.4 is 14.8 Å². The first kappa shape index (κ1) is 16.8. The number of carbonyl (C=O) groups is 1. The summed E-state index contributed by atoms with van der Waals surface area (Å²) in [6.07, 6.45) is -0.0926. The monoisotopic (exact) mass is 317 g/mol. The van der Waals surface area contributed by atoms with Gasteiger partial charge in [-0.2, -0.15) is 0 Å². The maximum absolute atomic E-state index is 12.9. The van der Waals surface area contributed by atoms with Crippen molar-refractivity contribution in [3.05, 3.63) is 59.9 Å². The Kier molecular flexibility index (Phi) is 5.97. The molecule has 2 rings (SSSR count). The zero-order valence-corrected chi connectivity index (χ0v) is 13.2. The first-order valence-electron chi connectivity index (χ1n) is 7.45. The van der Waals surface area contributed by atoms with Crippen LogP contribution in [-0.4, -0.2) is 19.1 Å². The molecule has 4 nitrogen and oxygen atoms in total. The topological polar surface area (TPSA) is 47.6 Å². The smallest absolute Gasteiger partial charge is 0.261 e. The van der Waals surface area contributed by atoms with Gasteiger partial charge in [-0.3, -0.25) is 4.79 Å². The highest BCUT2D eigenvalue weighted by atomic mass is 19.1. The molecule has 1 amide bonds. The van der Waals surface area contributed by atoms with Gasteiger partial charge in [0.25, 0.3) is 5.91 Å². The molecule has 0 aliphatic rings. The Morgan fingerprint density at radius 3 is 2.26 bits per heavy atom. The largest absolute Gasteiger partial charge is 0.497 e. The molecule has 0 aliphatic heterocycles. The first-order valence-corrected chi connectivity index (χ1v) is 7.45. The molecule has 0 aromatic heterocycles. The van der Waals surface area contributed by atoms with E-state index in [1.807, 2.05) is 31.2 Å². The van der Waals surface area contributed by atoms with Crippen LogP contribution in [0.5, 0.6) is 11.5 Å². The highest BCUT2D eigenvalue weighted by Crippen LogP contribution is 2.15. The van der Waals surface area contributed by atoms with Crippen molar-refractivity contribution in [3.8, 4) is 11.5 Å². The third kappa shape index (κ3) is 4.98. The van der Waals surface area contributed by atoms with Crippen molar-refractivity contribution < 1.29 is 18.7 Å². The van der Waals surface area contributed by atoms with E-state index in [0.29, 0.717) is 18.7 Å². The van der Waals surface area contributed by atoms with E-state index in [9.17, 15) is 9.18 Å². The van der Waals surface area contributed by atoms with Crippen molar-refractivity contribution >= 4 is 5.91 Å². The Morgan fingerprint density at radius 1 is 1.09 bits per heavy atom. The number of amides is 1. The van der Waals surface area contributed by atoms with Gasteiger partial charge in [0.15, 0.2) is 6.10 Å². The number of hydrogen-bond donors (Lipinski definition) is 1. The van der Waals surface area contributed by atoms with Crippen molar-refractivity contribution in [1.29, 1.82) is 0 Å². The van der Waals surface area contributed by atoms with Crippen molar-refractivity contribution in [2.45, 2.75) is 26.0 Å². The van der Waals surface area contributed by atoms with Gasteiger partial charge in [0.2, 0.25) is 0 Å². The molecular formula is C18H20FNO3. The van der Waals surface area contributed by atoms with E-state index in [1.54, 1.807) is 7.11 Å². The fraction of sp³-hybridized carbons (Fsp3) is 0.278. The molecule has 0 bridgehead atoms. The van der Waals surface area contributed by atoms with Gasteiger partial charge in [0, 0.05) is 6.54 Å². The Morgan fingerprint density at radius 2 is 1.70 bits per heavy atom. The molecule has 1 N–H and O–H groups in total. The Bertz CT molecular complexity index is 626. The molecule has 0 radical (unpaired) electrons. The standard InChI is InChI=1S/C18H20FNO3/c1-3-17(23-16-10-6-14(19)7-11-16)18(21)20-12-13-4-8-15(22-2)9-5-13/h4-11,17H,3,12H2,1-2H3,(H,20,21). The van der Waals surface area contributed by atoms with E-state index in [2.05, 4.69) is 5.32 Å². The van der Waals surface area contributed by atoms with Gasteiger partial charge in [0.05, 0.1) is 7.11 Å². The fourth-order valence-corrected chi connectivity index (χ4v) is 2.05. The van der Waals surface area contributed by atoms with E-state index in [0.717, 1.165) is 11.3 Å². The summed E-state index contributed by atoms with van der Waals surface area (Å²) in [5.74, 6) is 0.700. The molecule has 1 atom stereocenters. The summed E-state index contributed by atoms with van der Waals surface area (Å²) >= 11 is 0. The molecule has 1 unspecified atom stereocenters. The minimum atomic E-state index is -0.612. The molecule has 2 aromatic rings. The van der Waals surface area contributed by atoms with Crippen molar-refractivity contribution in [1.82, 2.24) is 5.32 Å². The molecule has 0 fully saturated rings. The van der Waals surface area contributed by atoms with Crippen LogP contribution in [0.3, 0.4) is 0 Å².